The molecule has 1 aliphatic carbocycles. The van der Waals surface area contributed by atoms with Crippen molar-refractivity contribution in [1.82, 2.24) is 5.32 Å². The quantitative estimate of drug-likeness (QED) is 0.863. The molecule has 0 spiro atoms. The second-order valence-corrected chi connectivity index (χ2v) is 5.82. The fraction of sp³-hybridized carbons (Fsp3) is 0.611. The van der Waals surface area contributed by atoms with Crippen molar-refractivity contribution in [2.45, 2.75) is 58.5 Å². The zero-order valence-corrected chi connectivity index (χ0v) is 13.4. The third-order valence-electron chi connectivity index (χ3n) is 4.43. The van der Waals surface area contributed by atoms with E-state index in [1.807, 2.05) is 6.07 Å². The van der Waals surface area contributed by atoms with Crippen LogP contribution in [0.1, 0.15) is 57.1 Å². The number of rotatable bonds is 6. The summed E-state index contributed by atoms with van der Waals surface area (Å²) >= 11 is 0. The van der Waals surface area contributed by atoms with Gasteiger partial charge in [0.2, 0.25) is 0 Å². The Kier molecular flexibility index (Phi) is 6.07. The summed E-state index contributed by atoms with van der Waals surface area (Å²) < 4.78 is 0. The number of nitriles is 1. The average Bonchev–Trinajstić information content (AvgIpc) is 2.55. The van der Waals surface area contributed by atoms with E-state index in [0.717, 1.165) is 30.9 Å². The minimum Gasteiger partial charge on any atom is -0.368 e. The highest BCUT2D eigenvalue weighted by molar-refractivity contribution is 5.61. The van der Waals surface area contributed by atoms with Gasteiger partial charge in [-0.3, -0.25) is 0 Å². The predicted octanol–water partition coefficient (Wildman–Crippen LogP) is 3.83. The molecule has 3 nitrogen and oxygen atoms in total. The van der Waals surface area contributed by atoms with Crippen LogP contribution in [0.4, 0.5) is 5.69 Å². The Morgan fingerprint density at radius 2 is 2.00 bits per heavy atom. The van der Waals surface area contributed by atoms with Gasteiger partial charge in [0.25, 0.3) is 0 Å². The standard InChI is InChI=1S/C18H27N3/c1-3-20-14-15-10-11-18(16(12-15)13-19)21(4-2)17-8-6-5-7-9-17/h10-12,17,20H,3-9,14H2,1-2H3. The first-order chi connectivity index (χ1) is 10.3. The van der Waals surface area contributed by atoms with Crippen molar-refractivity contribution >= 4 is 5.69 Å². The first-order valence-electron chi connectivity index (χ1n) is 8.30. The number of hydrogen-bond acceptors (Lipinski definition) is 3. The molecule has 1 aliphatic rings. The van der Waals surface area contributed by atoms with Gasteiger partial charge >= 0.3 is 0 Å². The first kappa shape index (κ1) is 15.9. The van der Waals surface area contributed by atoms with E-state index >= 15 is 0 Å². The monoisotopic (exact) mass is 285 g/mol. The van der Waals surface area contributed by atoms with E-state index in [1.165, 1.54) is 37.7 Å². The molecule has 0 heterocycles. The molecule has 114 valence electrons. The molecule has 2 rings (SSSR count). The van der Waals surface area contributed by atoms with Crippen LogP contribution in [0.15, 0.2) is 18.2 Å². The Labute approximate surface area is 129 Å². The molecular formula is C18H27N3. The lowest BCUT2D eigenvalue weighted by Gasteiger charge is -2.36. The Morgan fingerprint density at radius 1 is 1.24 bits per heavy atom. The topological polar surface area (TPSA) is 39.1 Å². The number of nitrogens with zero attached hydrogens (tertiary/aromatic N) is 2. The molecule has 0 aliphatic heterocycles. The van der Waals surface area contributed by atoms with Crippen LogP contribution in [0, 0.1) is 11.3 Å². The fourth-order valence-corrected chi connectivity index (χ4v) is 3.32. The van der Waals surface area contributed by atoms with Gasteiger partial charge in [-0.15, -0.1) is 0 Å². The summed E-state index contributed by atoms with van der Waals surface area (Å²) in [5.74, 6) is 0. The summed E-state index contributed by atoms with van der Waals surface area (Å²) in [6.45, 7) is 7.06. The van der Waals surface area contributed by atoms with E-state index in [0.29, 0.717) is 6.04 Å². The van der Waals surface area contributed by atoms with E-state index in [4.69, 9.17) is 0 Å². The first-order valence-corrected chi connectivity index (χ1v) is 8.30. The second-order valence-electron chi connectivity index (χ2n) is 5.82. The molecule has 1 saturated carbocycles. The van der Waals surface area contributed by atoms with E-state index in [-0.39, 0.29) is 0 Å². The molecule has 0 atom stereocenters. The summed E-state index contributed by atoms with van der Waals surface area (Å²) in [7, 11) is 0. The molecular weight excluding hydrogens is 258 g/mol. The summed E-state index contributed by atoms with van der Waals surface area (Å²) in [6, 6.07) is 9.35. The summed E-state index contributed by atoms with van der Waals surface area (Å²) in [5.41, 5.74) is 3.13. The molecule has 0 amide bonds. The fourth-order valence-electron chi connectivity index (χ4n) is 3.32. The van der Waals surface area contributed by atoms with Gasteiger partial charge in [0, 0.05) is 19.1 Å². The van der Waals surface area contributed by atoms with Crippen LogP contribution in [-0.4, -0.2) is 19.1 Å². The van der Waals surface area contributed by atoms with Crippen LogP contribution in [0.25, 0.3) is 0 Å². The number of anilines is 1. The number of hydrogen-bond donors (Lipinski definition) is 1. The van der Waals surface area contributed by atoms with Gasteiger partial charge in [-0.05, 0) is 44.0 Å². The zero-order valence-electron chi connectivity index (χ0n) is 13.4. The molecule has 0 bridgehead atoms. The summed E-state index contributed by atoms with van der Waals surface area (Å²) in [4.78, 5) is 2.44. The van der Waals surface area contributed by atoms with Gasteiger partial charge in [0.1, 0.15) is 6.07 Å². The Balaban J connectivity index is 2.21. The van der Waals surface area contributed by atoms with Crippen molar-refractivity contribution in [2.24, 2.45) is 0 Å². The van der Waals surface area contributed by atoms with E-state index < -0.39 is 0 Å². The molecule has 1 N–H and O–H groups in total. The molecule has 0 unspecified atom stereocenters. The lowest BCUT2D eigenvalue weighted by atomic mass is 9.93. The van der Waals surface area contributed by atoms with E-state index in [2.05, 4.69) is 42.3 Å². The van der Waals surface area contributed by atoms with Crippen LogP contribution < -0.4 is 10.2 Å². The largest absolute Gasteiger partial charge is 0.368 e. The van der Waals surface area contributed by atoms with Gasteiger partial charge in [-0.25, -0.2) is 0 Å². The minimum atomic E-state index is 0.607. The zero-order chi connectivity index (χ0) is 15.1. The highest BCUT2D eigenvalue weighted by Crippen LogP contribution is 2.29. The van der Waals surface area contributed by atoms with Crippen molar-refractivity contribution in [1.29, 1.82) is 5.26 Å². The predicted molar refractivity (Wildman–Crippen MR) is 88.4 cm³/mol. The lowest BCUT2D eigenvalue weighted by molar-refractivity contribution is 0.418. The Hall–Kier alpha value is -1.53. The molecule has 1 aromatic carbocycles. The molecule has 0 aromatic heterocycles. The van der Waals surface area contributed by atoms with Gasteiger partial charge in [-0.1, -0.05) is 32.3 Å². The molecule has 0 radical (unpaired) electrons. The molecule has 0 saturated heterocycles. The normalized spacial score (nSPS) is 15.7. The van der Waals surface area contributed by atoms with Gasteiger partial charge in [-0.2, -0.15) is 5.26 Å². The maximum atomic E-state index is 9.51. The van der Waals surface area contributed by atoms with Gasteiger partial charge in [0.15, 0.2) is 0 Å². The molecule has 3 heteroatoms. The molecule has 21 heavy (non-hydrogen) atoms. The van der Waals surface area contributed by atoms with Crippen molar-refractivity contribution in [2.75, 3.05) is 18.0 Å². The molecule has 1 aromatic rings. The van der Waals surface area contributed by atoms with Crippen LogP contribution in [-0.2, 0) is 6.54 Å². The van der Waals surface area contributed by atoms with Crippen molar-refractivity contribution in [3.8, 4) is 6.07 Å². The Bertz CT molecular complexity index is 484. The number of benzene rings is 1. The minimum absolute atomic E-state index is 0.607. The summed E-state index contributed by atoms with van der Waals surface area (Å²) in [5, 5.41) is 12.8. The van der Waals surface area contributed by atoms with Gasteiger partial charge in [0.05, 0.1) is 11.3 Å². The lowest BCUT2D eigenvalue weighted by Crippen LogP contribution is -2.37. The van der Waals surface area contributed by atoms with E-state index in [9.17, 15) is 5.26 Å². The van der Waals surface area contributed by atoms with Crippen molar-refractivity contribution in [3.05, 3.63) is 29.3 Å². The van der Waals surface area contributed by atoms with E-state index in [1.54, 1.807) is 0 Å². The maximum absolute atomic E-state index is 9.51. The van der Waals surface area contributed by atoms with Crippen LogP contribution in [0.2, 0.25) is 0 Å². The van der Waals surface area contributed by atoms with Crippen LogP contribution in [0.3, 0.4) is 0 Å². The van der Waals surface area contributed by atoms with Crippen LogP contribution in [0.5, 0.6) is 0 Å². The second kappa shape index (κ2) is 8.05. The van der Waals surface area contributed by atoms with Gasteiger partial charge < -0.3 is 10.2 Å². The van der Waals surface area contributed by atoms with Crippen LogP contribution >= 0.6 is 0 Å². The average molecular weight is 285 g/mol. The third-order valence-corrected chi connectivity index (χ3v) is 4.43. The highest BCUT2D eigenvalue weighted by atomic mass is 15.2. The Morgan fingerprint density at radius 3 is 2.62 bits per heavy atom. The third kappa shape index (κ3) is 3.98. The smallest absolute Gasteiger partial charge is 0.101 e. The van der Waals surface area contributed by atoms with Crippen molar-refractivity contribution < 1.29 is 0 Å². The summed E-state index contributed by atoms with van der Waals surface area (Å²) in [6.07, 6.45) is 6.53. The highest BCUT2D eigenvalue weighted by Gasteiger charge is 2.22. The molecule has 1 fully saturated rings. The SMILES string of the molecule is CCNCc1ccc(N(CC)C2CCCCC2)c(C#N)c1. The maximum Gasteiger partial charge on any atom is 0.101 e. The van der Waals surface area contributed by atoms with Crippen molar-refractivity contribution in [3.63, 3.8) is 0 Å². The number of nitrogens with one attached hydrogen (secondary N) is 1.